The van der Waals surface area contributed by atoms with E-state index in [1.165, 1.54) is 0 Å². The smallest absolute Gasteiger partial charge is 0.342 e. The molecule has 1 aliphatic rings. The number of pyridine rings is 1. The summed E-state index contributed by atoms with van der Waals surface area (Å²) in [6.07, 6.45) is 0. The van der Waals surface area contributed by atoms with Gasteiger partial charge in [0.15, 0.2) is 5.78 Å². The van der Waals surface area contributed by atoms with Crippen LogP contribution in [0.3, 0.4) is 0 Å². The summed E-state index contributed by atoms with van der Waals surface area (Å²) in [5.74, 6) is -1.48. The maximum atomic E-state index is 12.6. The number of nitrogens with one attached hydrogen (secondary N) is 1. The lowest BCUT2D eigenvalue weighted by Gasteiger charge is -2.20. The Labute approximate surface area is 123 Å². The van der Waals surface area contributed by atoms with Crippen LogP contribution in [0, 0.1) is 0 Å². The Bertz CT molecular complexity index is 1050. The summed E-state index contributed by atoms with van der Waals surface area (Å²) in [7, 11) is 0. The van der Waals surface area contributed by atoms with E-state index in [0.29, 0.717) is 33.2 Å². The fourth-order valence-corrected chi connectivity index (χ4v) is 3.06. The van der Waals surface area contributed by atoms with Gasteiger partial charge in [-0.1, -0.05) is 36.4 Å². The Morgan fingerprint density at radius 3 is 2.32 bits per heavy atom. The average molecular weight is 291 g/mol. The van der Waals surface area contributed by atoms with Crippen LogP contribution in [-0.2, 0) is 0 Å². The fourth-order valence-electron chi connectivity index (χ4n) is 3.06. The minimum atomic E-state index is -1.31. The van der Waals surface area contributed by atoms with E-state index in [1.807, 2.05) is 0 Å². The number of carboxylic acid groups (broad SMARTS) is 1. The van der Waals surface area contributed by atoms with Crippen LogP contribution in [0.25, 0.3) is 22.0 Å². The zero-order chi connectivity index (χ0) is 15.4. The second-order valence-corrected chi connectivity index (χ2v) is 5.11. The van der Waals surface area contributed by atoms with Crippen LogP contribution in [0.5, 0.6) is 0 Å². The number of carbonyl (C=O) groups is 2. The first-order valence-electron chi connectivity index (χ1n) is 6.66. The summed E-state index contributed by atoms with van der Waals surface area (Å²) in [4.78, 5) is 38.9. The lowest BCUT2D eigenvalue weighted by atomic mass is 9.82. The maximum Gasteiger partial charge on any atom is 0.342 e. The minimum Gasteiger partial charge on any atom is -0.477 e. The number of hydrogen-bond acceptors (Lipinski definition) is 3. The van der Waals surface area contributed by atoms with Crippen molar-refractivity contribution in [3.63, 3.8) is 0 Å². The molecular formula is C17H9NO4. The number of carbonyl (C=O) groups excluding carboxylic acids is 1. The minimum absolute atomic E-state index is 0.169. The van der Waals surface area contributed by atoms with Crippen molar-refractivity contribution in [3.8, 4) is 11.1 Å². The number of ketones is 1. The van der Waals surface area contributed by atoms with Crippen LogP contribution in [0.1, 0.15) is 26.3 Å². The van der Waals surface area contributed by atoms with Gasteiger partial charge in [-0.25, -0.2) is 4.79 Å². The molecule has 106 valence electrons. The Morgan fingerprint density at radius 2 is 1.59 bits per heavy atom. The van der Waals surface area contributed by atoms with Gasteiger partial charge in [-0.2, -0.15) is 0 Å². The molecule has 2 aromatic carbocycles. The van der Waals surface area contributed by atoms with E-state index in [1.54, 1.807) is 42.5 Å². The summed E-state index contributed by atoms with van der Waals surface area (Å²) in [5, 5.41) is 9.93. The molecule has 0 aliphatic heterocycles. The summed E-state index contributed by atoms with van der Waals surface area (Å²) in [5.41, 5.74) is 1.08. The molecule has 0 spiro atoms. The van der Waals surface area contributed by atoms with Gasteiger partial charge in [0.1, 0.15) is 5.56 Å². The first-order valence-corrected chi connectivity index (χ1v) is 6.66. The van der Waals surface area contributed by atoms with Gasteiger partial charge in [0.25, 0.3) is 5.56 Å². The van der Waals surface area contributed by atoms with Gasteiger partial charge in [-0.3, -0.25) is 9.59 Å². The zero-order valence-electron chi connectivity index (χ0n) is 11.2. The number of aromatic nitrogens is 1. The number of hydrogen-bond donors (Lipinski definition) is 2. The third kappa shape index (κ3) is 1.45. The SMILES string of the molecule is O=C(O)c1c2c3c(cccc3[nH]c1=O)C(=O)c1ccccc1-2. The third-order valence-corrected chi connectivity index (χ3v) is 3.94. The van der Waals surface area contributed by atoms with Crippen molar-refractivity contribution in [3.05, 3.63) is 69.5 Å². The number of fused-ring (bicyclic) bond motifs is 2. The molecule has 0 saturated carbocycles. The Balaban J connectivity index is 2.35. The molecule has 1 aromatic heterocycles. The van der Waals surface area contributed by atoms with Crippen LogP contribution in [0.15, 0.2) is 47.3 Å². The predicted molar refractivity (Wildman–Crippen MR) is 80.4 cm³/mol. The van der Waals surface area contributed by atoms with E-state index < -0.39 is 11.5 Å². The fraction of sp³-hybridized carbons (Fsp3) is 0. The molecular weight excluding hydrogens is 282 g/mol. The van der Waals surface area contributed by atoms with Gasteiger partial charge < -0.3 is 10.1 Å². The number of carboxylic acids is 1. The van der Waals surface area contributed by atoms with Crippen molar-refractivity contribution in [2.24, 2.45) is 0 Å². The second kappa shape index (κ2) is 4.14. The molecule has 22 heavy (non-hydrogen) atoms. The highest BCUT2D eigenvalue weighted by Gasteiger charge is 2.30. The van der Waals surface area contributed by atoms with E-state index in [-0.39, 0.29) is 11.3 Å². The van der Waals surface area contributed by atoms with Gasteiger partial charge >= 0.3 is 5.97 Å². The summed E-state index contributed by atoms with van der Waals surface area (Å²) >= 11 is 0. The standard InChI is InChI=1S/C17H9NO4/c19-15-9-5-2-1-4-8(9)13-12-10(15)6-3-7-11(12)18-16(20)14(13)17(21)22/h1-7H,(H,18,20)(H,21,22). The first-order chi connectivity index (χ1) is 10.6. The Kier molecular flexibility index (Phi) is 2.36. The Hall–Kier alpha value is -3.21. The van der Waals surface area contributed by atoms with E-state index in [2.05, 4.69) is 4.98 Å². The quantitative estimate of drug-likeness (QED) is 0.564. The van der Waals surface area contributed by atoms with Crippen molar-refractivity contribution in [1.82, 2.24) is 4.98 Å². The van der Waals surface area contributed by atoms with Crippen molar-refractivity contribution in [1.29, 1.82) is 0 Å². The van der Waals surface area contributed by atoms with Gasteiger partial charge in [-0.05, 0) is 11.6 Å². The summed E-state index contributed by atoms with van der Waals surface area (Å²) < 4.78 is 0. The highest BCUT2D eigenvalue weighted by atomic mass is 16.4. The molecule has 5 heteroatoms. The maximum absolute atomic E-state index is 12.6. The third-order valence-electron chi connectivity index (χ3n) is 3.94. The van der Waals surface area contributed by atoms with Crippen LogP contribution in [-0.4, -0.2) is 21.8 Å². The summed E-state index contributed by atoms with van der Waals surface area (Å²) in [6, 6.07) is 11.7. The molecule has 5 nitrogen and oxygen atoms in total. The lowest BCUT2D eigenvalue weighted by Crippen LogP contribution is -2.22. The highest BCUT2D eigenvalue weighted by molar-refractivity contribution is 6.27. The van der Waals surface area contributed by atoms with Crippen molar-refractivity contribution < 1.29 is 14.7 Å². The largest absolute Gasteiger partial charge is 0.477 e. The predicted octanol–water partition coefficient (Wildman–Crippen LogP) is 2.44. The topological polar surface area (TPSA) is 87.2 Å². The van der Waals surface area contributed by atoms with Gasteiger partial charge in [-0.15, -0.1) is 0 Å². The molecule has 4 rings (SSSR count). The zero-order valence-corrected chi connectivity index (χ0v) is 11.2. The molecule has 0 unspecified atom stereocenters. The number of rotatable bonds is 1. The van der Waals surface area contributed by atoms with Crippen LogP contribution in [0.4, 0.5) is 0 Å². The molecule has 0 amide bonds. The molecule has 1 aliphatic carbocycles. The number of H-pyrrole nitrogens is 1. The molecule has 3 aromatic rings. The van der Waals surface area contributed by atoms with E-state index >= 15 is 0 Å². The number of aromatic amines is 1. The number of aromatic carboxylic acids is 1. The average Bonchev–Trinajstić information content (AvgIpc) is 2.51. The first kappa shape index (κ1) is 12.5. The van der Waals surface area contributed by atoms with Gasteiger partial charge in [0.2, 0.25) is 0 Å². The molecule has 2 N–H and O–H groups in total. The van der Waals surface area contributed by atoms with E-state index in [4.69, 9.17) is 0 Å². The van der Waals surface area contributed by atoms with Gasteiger partial charge in [0.05, 0.1) is 0 Å². The highest BCUT2D eigenvalue weighted by Crippen LogP contribution is 2.39. The molecule has 0 atom stereocenters. The molecule has 1 heterocycles. The lowest BCUT2D eigenvalue weighted by molar-refractivity contribution is 0.0695. The van der Waals surface area contributed by atoms with Crippen LogP contribution in [0.2, 0.25) is 0 Å². The van der Waals surface area contributed by atoms with E-state index in [0.717, 1.165) is 0 Å². The summed E-state index contributed by atoms with van der Waals surface area (Å²) in [6.45, 7) is 0. The van der Waals surface area contributed by atoms with Crippen LogP contribution >= 0.6 is 0 Å². The van der Waals surface area contributed by atoms with Crippen molar-refractivity contribution >= 4 is 22.7 Å². The molecule has 0 radical (unpaired) electrons. The van der Waals surface area contributed by atoms with Crippen LogP contribution < -0.4 is 5.56 Å². The normalized spacial score (nSPS) is 12.3. The van der Waals surface area contributed by atoms with E-state index in [9.17, 15) is 19.5 Å². The molecule has 0 fully saturated rings. The number of benzene rings is 2. The Morgan fingerprint density at radius 1 is 0.909 bits per heavy atom. The molecule has 0 bridgehead atoms. The monoisotopic (exact) mass is 291 g/mol. The molecule has 0 saturated heterocycles. The second-order valence-electron chi connectivity index (χ2n) is 5.11. The van der Waals surface area contributed by atoms with Gasteiger partial charge in [0, 0.05) is 27.6 Å². The van der Waals surface area contributed by atoms with Crippen molar-refractivity contribution in [2.75, 3.05) is 0 Å². The van der Waals surface area contributed by atoms with Crippen molar-refractivity contribution in [2.45, 2.75) is 0 Å².